The lowest BCUT2D eigenvalue weighted by Crippen LogP contribution is -2.16. The first kappa shape index (κ1) is 10.1. The van der Waals surface area contributed by atoms with Gasteiger partial charge >= 0.3 is 0 Å². The van der Waals surface area contributed by atoms with E-state index in [1.807, 2.05) is 0 Å². The zero-order chi connectivity index (χ0) is 9.97. The molecule has 3 nitrogen and oxygen atoms in total. The standard InChI is InChI=1S/C9H15N3S2/c1-6-3-2-4-7(6)5-10-8-11-12-9(13)14-8/h6-7H,2-5H2,1H3,(H,10,11)(H,12,13). The van der Waals surface area contributed by atoms with Gasteiger partial charge in [-0.15, -0.1) is 5.10 Å². The fourth-order valence-corrected chi connectivity index (χ4v) is 2.85. The number of aromatic amines is 1. The molecular formula is C9H15N3S2. The first-order valence-electron chi connectivity index (χ1n) is 5.05. The van der Waals surface area contributed by atoms with Crippen LogP contribution in [-0.2, 0) is 0 Å². The van der Waals surface area contributed by atoms with E-state index >= 15 is 0 Å². The van der Waals surface area contributed by atoms with E-state index in [1.165, 1.54) is 30.6 Å². The van der Waals surface area contributed by atoms with Crippen LogP contribution in [0.5, 0.6) is 0 Å². The van der Waals surface area contributed by atoms with Crippen LogP contribution in [0.3, 0.4) is 0 Å². The summed E-state index contributed by atoms with van der Waals surface area (Å²) in [5.41, 5.74) is 0. The molecule has 1 aromatic rings. The van der Waals surface area contributed by atoms with E-state index in [2.05, 4.69) is 22.4 Å². The Morgan fingerprint density at radius 2 is 2.50 bits per heavy atom. The molecule has 0 spiro atoms. The summed E-state index contributed by atoms with van der Waals surface area (Å²) in [5, 5.41) is 11.1. The summed E-state index contributed by atoms with van der Waals surface area (Å²) >= 11 is 6.47. The summed E-state index contributed by atoms with van der Waals surface area (Å²) in [6.07, 6.45) is 4.11. The molecule has 78 valence electrons. The van der Waals surface area contributed by atoms with Gasteiger partial charge in [-0.1, -0.05) is 31.1 Å². The van der Waals surface area contributed by atoms with Gasteiger partial charge in [0.05, 0.1) is 0 Å². The van der Waals surface area contributed by atoms with Crippen LogP contribution in [0.4, 0.5) is 5.13 Å². The summed E-state index contributed by atoms with van der Waals surface area (Å²) in [6.45, 7) is 3.38. The SMILES string of the molecule is CC1CCCC1CNc1n[nH]c(=S)s1. The second kappa shape index (κ2) is 4.40. The Morgan fingerprint density at radius 3 is 3.07 bits per heavy atom. The van der Waals surface area contributed by atoms with Gasteiger partial charge < -0.3 is 5.32 Å². The fraction of sp³-hybridized carbons (Fsp3) is 0.778. The van der Waals surface area contributed by atoms with Crippen molar-refractivity contribution in [3.05, 3.63) is 3.95 Å². The zero-order valence-corrected chi connectivity index (χ0v) is 9.88. The highest BCUT2D eigenvalue weighted by atomic mass is 32.1. The molecule has 1 heterocycles. The van der Waals surface area contributed by atoms with Gasteiger partial charge in [-0.3, -0.25) is 5.10 Å². The highest BCUT2D eigenvalue weighted by molar-refractivity contribution is 7.73. The first-order valence-corrected chi connectivity index (χ1v) is 6.27. The van der Waals surface area contributed by atoms with Gasteiger partial charge in [0.1, 0.15) is 0 Å². The molecule has 1 saturated carbocycles. The Hall–Kier alpha value is -0.420. The van der Waals surface area contributed by atoms with E-state index in [-0.39, 0.29) is 0 Å². The van der Waals surface area contributed by atoms with Crippen LogP contribution < -0.4 is 5.32 Å². The normalized spacial score (nSPS) is 26.6. The fourth-order valence-electron chi connectivity index (χ4n) is 2.05. The lowest BCUT2D eigenvalue weighted by Gasteiger charge is -2.14. The molecular weight excluding hydrogens is 214 g/mol. The predicted octanol–water partition coefficient (Wildman–Crippen LogP) is 3.05. The van der Waals surface area contributed by atoms with Crippen LogP contribution in [0, 0.1) is 15.8 Å². The Bertz CT molecular complexity index is 344. The van der Waals surface area contributed by atoms with Crippen LogP contribution in [0.25, 0.3) is 0 Å². The Labute approximate surface area is 92.9 Å². The van der Waals surface area contributed by atoms with E-state index in [1.54, 1.807) is 0 Å². The summed E-state index contributed by atoms with van der Waals surface area (Å²) < 4.78 is 0.743. The number of anilines is 1. The average Bonchev–Trinajstić information content (AvgIpc) is 2.72. The Morgan fingerprint density at radius 1 is 1.64 bits per heavy atom. The molecule has 0 aromatic carbocycles. The Balaban J connectivity index is 1.85. The molecule has 0 aliphatic heterocycles. The number of H-pyrrole nitrogens is 1. The third-order valence-corrected chi connectivity index (χ3v) is 4.04. The lowest BCUT2D eigenvalue weighted by molar-refractivity contribution is 0.439. The second-order valence-corrected chi connectivity index (χ2v) is 5.63. The molecule has 1 fully saturated rings. The molecule has 2 atom stereocenters. The van der Waals surface area contributed by atoms with Crippen molar-refractivity contribution in [3.8, 4) is 0 Å². The highest BCUT2D eigenvalue weighted by Crippen LogP contribution is 2.31. The third kappa shape index (κ3) is 2.33. The van der Waals surface area contributed by atoms with Gasteiger partial charge in [-0.25, -0.2) is 0 Å². The molecule has 14 heavy (non-hydrogen) atoms. The summed E-state index contributed by atoms with van der Waals surface area (Å²) in [7, 11) is 0. The van der Waals surface area contributed by atoms with Crippen LogP contribution in [-0.4, -0.2) is 16.7 Å². The van der Waals surface area contributed by atoms with Crippen LogP contribution in [0.1, 0.15) is 26.2 Å². The molecule has 0 bridgehead atoms. The topological polar surface area (TPSA) is 40.7 Å². The van der Waals surface area contributed by atoms with E-state index < -0.39 is 0 Å². The van der Waals surface area contributed by atoms with E-state index in [4.69, 9.17) is 12.2 Å². The third-order valence-electron chi connectivity index (χ3n) is 2.99. The largest absolute Gasteiger partial charge is 0.360 e. The maximum atomic E-state index is 4.97. The van der Waals surface area contributed by atoms with Gasteiger partial charge in [-0.05, 0) is 30.5 Å². The second-order valence-electron chi connectivity index (χ2n) is 3.97. The molecule has 0 saturated heterocycles. The molecule has 2 N–H and O–H groups in total. The molecule has 2 unspecified atom stereocenters. The van der Waals surface area contributed by atoms with Crippen LogP contribution in [0.15, 0.2) is 0 Å². The first-order chi connectivity index (χ1) is 6.75. The number of hydrogen-bond acceptors (Lipinski definition) is 4. The van der Waals surface area contributed by atoms with Crippen molar-refractivity contribution < 1.29 is 0 Å². The van der Waals surface area contributed by atoms with Crippen LogP contribution in [0.2, 0.25) is 0 Å². The van der Waals surface area contributed by atoms with E-state index in [0.29, 0.717) is 0 Å². The van der Waals surface area contributed by atoms with Gasteiger partial charge in [-0.2, -0.15) is 0 Å². The van der Waals surface area contributed by atoms with Gasteiger partial charge in [0.15, 0.2) is 3.95 Å². The number of hydrogen-bond donors (Lipinski definition) is 2. The number of nitrogens with zero attached hydrogens (tertiary/aromatic N) is 1. The Kier molecular flexibility index (Phi) is 3.18. The molecule has 1 aliphatic rings. The monoisotopic (exact) mass is 229 g/mol. The summed E-state index contributed by atoms with van der Waals surface area (Å²) in [5.74, 6) is 1.67. The highest BCUT2D eigenvalue weighted by Gasteiger charge is 2.22. The maximum absolute atomic E-state index is 4.97. The lowest BCUT2D eigenvalue weighted by atomic mass is 9.98. The van der Waals surface area contributed by atoms with Crippen molar-refractivity contribution in [3.63, 3.8) is 0 Å². The van der Waals surface area contributed by atoms with Crippen molar-refractivity contribution in [2.24, 2.45) is 11.8 Å². The van der Waals surface area contributed by atoms with Gasteiger partial charge in [0.2, 0.25) is 5.13 Å². The zero-order valence-electron chi connectivity index (χ0n) is 8.25. The van der Waals surface area contributed by atoms with Crippen molar-refractivity contribution in [1.82, 2.24) is 10.2 Å². The summed E-state index contributed by atoms with van der Waals surface area (Å²) in [4.78, 5) is 0. The van der Waals surface area contributed by atoms with Crippen molar-refractivity contribution in [1.29, 1.82) is 0 Å². The van der Waals surface area contributed by atoms with Gasteiger partial charge in [0, 0.05) is 6.54 Å². The molecule has 1 aromatic heterocycles. The van der Waals surface area contributed by atoms with Gasteiger partial charge in [0.25, 0.3) is 0 Å². The average molecular weight is 229 g/mol. The van der Waals surface area contributed by atoms with Crippen LogP contribution >= 0.6 is 23.6 Å². The number of aromatic nitrogens is 2. The molecule has 0 radical (unpaired) electrons. The quantitative estimate of drug-likeness (QED) is 0.783. The van der Waals surface area contributed by atoms with Crippen molar-refractivity contribution >= 4 is 28.7 Å². The molecule has 1 aliphatic carbocycles. The predicted molar refractivity (Wildman–Crippen MR) is 62.3 cm³/mol. The summed E-state index contributed by atoms with van der Waals surface area (Å²) in [6, 6.07) is 0. The number of nitrogens with one attached hydrogen (secondary N) is 2. The van der Waals surface area contributed by atoms with Crippen molar-refractivity contribution in [2.75, 3.05) is 11.9 Å². The smallest absolute Gasteiger partial charge is 0.204 e. The van der Waals surface area contributed by atoms with E-state index in [9.17, 15) is 0 Å². The molecule has 0 amide bonds. The number of rotatable bonds is 3. The van der Waals surface area contributed by atoms with E-state index in [0.717, 1.165) is 27.5 Å². The minimum absolute atomic E-state index is 0.743. The molecule has 2 rings (SSSR count). The maximum Gasteiger partial charge on any atom is 0.204 e. The minimum Gasteiger partial charge on any atom is -0.360 e. The van der Waals surface area contributed by atoms with Crippen molar-refractivity contribution in [2.45, 2.75) is 26.2 Å². The molecule has 5 heteroatoms. The minimum atomic E-state index is 0.743.